The summed E-state index contributed by atoms with van der Waals surface area (Å²) < 4.78 is 5.59. The molecule has 10 heteroatoms. The zero-order chi connectivity index (χ0) is 28.7. The second kappa shape index (κ2) is 12.4. The molecule has 2 atom stereocenters. The van der Waals surface area contributed by atoms with Crippen LogP contribution in [-0.2, 0) is 27.2 Å². The minimum Gasteiger partial charge on any atom is -0.480 e. The van der Waals surface area contributed by atoms with Gasteiger partial charge in [-0.25, -0.2) is 4.79 Å². The first-order valence-electron chi connectivity index (χ1n) is 12.3. The molecule has 0 saturated carbocycles. The lowest BCUT2D eigenvalue weighted by Gasteiger charge is -2.22. The molecule has 0 fully saturated rings. The molecule has 0 radical (unpaired) electrons. The zero-order valence-electron chi connectivity index (χ0n) is 22.0. The number of hydrogen-bond donors (Lipinski definition) is 4. The number of aliphatic carboxylic acids is 2. The van der Waals surface area contributed by atoms with Crippen LogP contribution in [0.4, 0.5) is 11.4 Å². The zero-order valence-corrected chi connectivity index (χ0v) is 22.0. The molecule has 0 bridgehead atoms. The largest absolute Gasteiger partial charge is 0.480 e. The van der Waals surface area contributed by atoms with E-state index in [0.29, 0.717) is 33.6 Å². The predicted molar refractivity (Wildman–Crippen MR) is 146 cm³/mol. The number of azo groups is 1. The van der Waals surface area contributed by atoms with Gasteiger partial charge in [0.15, 0.2) is 0 Å². The van der Waals surface area contributed by atoms with E-state index in [0.717, 1.165) is 0 Å². The Hall–Kier alpha value is -4.41. The molecule has 0 aromatic heterocycles. The van der Waals surface area contributed by atoms with E-state index in [4.69, 9.17) is 21.3 Å². The summed E-state index contributed by atoms with van der Waals surface area (Å²) in [6.07, 6.45) is 0.115. The van der Waals surface area contributed by atoms with E-state index in [-0.39, 0.29) is 18.4 Å². The second-order valence-corrected chi connectivity index (χ2v) is 10.0. The summed E-state index contributed by atoms with van der Waals surface area (Å²) in [5.41, 5.74) is 14.5. The molecule has 6 N–H and O–H groups in total. The molecule has 0 aliphatic rings. The van der Waals surface area contributed by atoms with Gasteiger partial charge in [0.25, 0.3) is 0 Å². The molecule has 2 unspecified atom stereocenters. The molecule has 0 aliphatic carbocycles. The van der Waals surface area contributed by atoms with Crippen molar-refractivity contribution >= 4 is 29.3 Å². The average Bonchev–Trinajstić information content (AvgIpc) is 2.87. The van der Waals surface area contributed by atoms with Crippen molar-refractivity contribution in [2.45, 2.75) is 51.3 Å². The molecule has 0 aliphatic heterocycles. The van der Waals surface area contributed by atoms with Gasteiger partial charge < -0.3 is 26.4 Å². The minimum absolute atomic E-state index is 0.0119. The van der Waals surface area contributed by atoms with Crippen LogP contribution in [0.5, 0.6) is 0 Å². The molecule has 3 aromatic carbocycles. The molecule has 39 heavy (non-hydrogen) atoms. The summed E-state index contributed by atoms with van der Waals surface area (Å²) in [6.45, 7) is 5.30. The predicted octanol–water partition coefficient (Wildman–Crippen LogP) is 4.63. The maximum Gasteiger partial charge on any atom is 0.339 e. The number of carboxylic acids is 2. The quantitative estimate of drug-likeness (QED) is 0.215. The number of benzene rings is 3. The van der Waals surface area contributed by atoms with Crippen molar-refractivity contribution in [3.63, 3.8) is 0 Å². The average molecular weight is 533 g/mol. The van der Waals surface area contributed by atoms with Crippen molar-refractivity contribution in [3.8, 4) is 11.1 Å². The van der Waals surface area contributed by atoms with Gasteiger partial charge in [-0.2, -0.15) is 10.2 Å². The first kappa shape index (κ1) is 29.2. The molecule has 0 heterocycles. The van der Waals surface area contributed by atoms with E-state index >= 15 is 0 Å². The first-order chi connectivity index (χ1) is 18.4. The number of carbonyl (C=O) groups is 3. The van der Waals surface area contributed by atoms with Gasteiger partial charge in [-0.3, -0.25) is 9.59 Å². The second-order valence-electron chi connectivity index (χ2n) is 10.0. The van der Waals surface area contributed by atoms with Gasteiger partial charge in [-0.1, -0.05) is 42.5 Å². The van der Waals surface area contributed by atoms with Crippen molar-refractivity contribution in [1.29, 1.82) is 0 Å². The van der Waals surface area contributed by atoms with Crippen LogP contribution in [0.2, 0.25) is 0 Å². The normalized spacial score (nSPS) is 13.2. The van der Waals surface area contributed by atoms with Crippen LogP contribution < -0.4 is 11.5 Å². The van der Waals surface area contributed by atoms with Crippen LogP contribution in [0.15, 0.2) is 77.0 Å². The molecule has 3 rings (SSSR count). The van der Waals surface area contributed by atoms with Crippen LogP contribution in [-0.4, -0.2) is 45.8 Å². The van der Waals surface area contributed by atoms with Crippen molar-refractivity contribution in [3.05, 3.63) is 83.4 Å². The maximum atomic E-state index is 13.1. The highest BCUT2D eigenvalue weighted by Gasteiger charge is 2.24. The summed E-state index contributed by atoms with van der Waals surface area (Å²) >= 11 is 0. The monoisotopic (exact) mass is 532 g/mol. The van der Waals surface area contributed by atoms with Gasteiger partial charge in [0.1, 0.15) is 17.7 Å². The molecule has 0 saturated heterocycles. The minimum atomic E-state index is -1.15. The Morgan fingerprint density at radius 3 is 1.95 bits per heavy atom. The number of nitrogens with two attached hydrogens (primary N) is 2. The third-order valence-corrected chi connectivity index (χ3v) is 5.70. The van der Waals surface area contributed by atoms with Gasteiger partial charge >= 0.3 is 17.9 Å². The fourth-order valence-electron chi connectivity index (χ4n) is 3.85. The summed E-state index contributed by atoms with van der Waals surface area (Å²) in [5.74, 6) is -2.79. The third-order valence-electron chi connectivity index (χ3n) is 5.70. The Balaban J connectivity index is 1.96. The summed E-state index contributed by atoms with van der Waals surface area (Å²) in [5, 5.41) is 27.0. The summed E-state index contributed by atoms with van der Waals surface area (Å²) in [6, 6.07) is 16.7. The van der Waals surface area contributed by atoms with Crippen LogP contribution in [0.3, 0.4) is 0 Å². The Kier molecular flexibility index (Phi) is 9.29. The standard InChI is InChI=1S/C29H32N4O6/c1-29(2,3)39-28(38)21-9-6-8-19(16-23(31)27(36)37)25(21)17-11-13-20(14-12-17)32-33-24-10-5-4-7-18(24)15-22(30)26(34)35/h4-14,22-23H,15-16,30-31H2,1-3H3,(H,34,35)(H,36,37). The van der Waals surface area contributed by atoms with Crippen LogP contribution >= 0.6 is 0 Å². The lowest BCUT2D eigenvalue weighted by Crippen LogP contribution is -2.32. The van der Waals surface area contributed by atoms with Gasteiger partial charge in [-0.05, 0) is 73.7 Å². The topological polar surface area (TPSA) is 178 Å². The molecule has 10 nitrogen and oxygen atoms in total. The smallest absolute Gasteiger partial charge is 0.339 e. The number of ether oxygens (including phenoxy) is 1. The fourth-order valence-corrected chi connectivity index (χ4v) is 3.85. The van der Waals surface area contributed by atoms with Gasteiger partial charge in [0, 0.05) is 6.42 Å². The van der Waals surface area contributed by atoms with Crippen LogP contribution in [0.25, 0.3) is 11.1 Å². The van der Waals surface area contributed by atoms with E-state index < -0.39 is 35.6 Å². The highest BCUT2D eigenvalue weighted by molar-refractivity contribution is 5.98. The third kappa shape index (κ3) is 8.03. The fraction of sp³-hybridized carbons (Fsp3) is 0.276. The first-order valence-corrected chi connectivity index (χ1v) is 12.3. The number of rotatable bonds is 10. The number of hydrogen-bond acceptors (Lipinski definition) is 8. The Morgan fingerprint density at radius 2 is 1.36 bits per heavy atom. The molecule has 204 valence electrons. The van der Waals surface area contributed by atoms with Crippen molar-refractivity contribution in [2.75, 3.05) is 0 Å². The van der Waals surface area contributed by atoms with Crippen LogP contribution in [0, 0.1) is 0 Å². The maximum absolute atomic E-state index is 13.1. The molecular formula is C29H32N4O6. The highest BCUT2D eigenvalue weighted by Crippen LogP contribution is 2.32. The molecular weight excluding hydrogens is 500 g/mol. The van der Waals surface area contributed by atoms with Gasteiger partial charge in [0.2, 0.25) is 0 Å². The highest BCUT2D eigenvalue weighted by atomic mass is 16.6. The molecule has 3 aromatic rings. The molecule has 0 amide bonds. The Bertz CT molecular complexity index is 1380. The van der Waals surface area contributed by atoms with Crippen molar-refractivity contribution in [1.82, 2.24) is 0 Å². The molecule has 0 spiro atoms. The van der Waals surface area contributed by atoms with Crippen LogP contribution in [0.1, 0.15) is 42.3 Å². The Morgan fingerprint density at radius 1 is 0.795 bits per heavy atom. The van der Waals surface area contributed by atoms with E-state index in [9.17, 15) is 19.5 Å². The SMILES string of the molecule is CC(C)(C)OC(=O)c1cccc(CC(N)C(=O)O)c1-c1ccc(N=Nc2ccccc2CC(N)C(=O)O)cc1. The van der Waals surface area contributed by atoms with Gasteiger partial charge in [0.05, 0.1) is 16.9 Å². The summed E-state index contributed by atoms with van der Waals surface area (Å²) in [4.78, 5) is 35.6. The lowest BCUT2D eigenvalue weighted by molar-refractivity contribution is -0.139. The van der Waals surface area contributed by atoms with E-state index in [1.807, 2.05) is 0 Å². The Labute approximate surface area is 226 Å². The number of nitrogens with zero attached hydrogens (tertiary/aromatic N) is 2. The van der Waals surface area contributed by atoms with E-state index in [2.05, 4.69) is 10.2 Å². The van der Waals surface area contributed by atoms with Crippen molar-refractivity contribution < 1.29 is 29.3 Å². The van der Waals surface area contributed by atoms with E-state index in [1.54, 1.807) is 87.5 Å². The number of carboxylic acid groups (broad SMARTS) is 2. The number of esters is 1. The summed E-state index contributed by atoms with van der Waals surface area (Å²) in [7, 11) is 0. The lowest BCUT2D eigenvalue weighted by atomic mass is 9.91. The van der Waals surface area contributed by atoms with E-state index in [1.165, 1.54) is 0 Å². The number of carbonyl (C=O) groups excluding carboxylic acids is 1. The van der Waals surface area contributed by atoms with Crippen molar-refractivity contribution in [2.24, 2.45) is 21.7 Å². The van der Waals surface area contributed by atoms with Gasteiger partial charge in [-0.15, -0.1) is 0 Å².